The summed E-state index contributed by atoms with van der Waals surface area (Å²) in [6, 6.07) is 14.3. The Hall–Kier alpha value is -2.37. The lowest BCUT2D eigenvalue weighted by Gasteiger charge is -2.08. The average Bonchev–Trinajstić information content (AvgIpc) is 3.04. The standard InChI is InChI=1S/C16H12Cl2N4O/c17-13-7-6-11(8-14(13)18)16(23)19-9-15-20-10-21-22(15)12-4-2-1-3-5-12/h1-8,10H,9H2,(H,19,23). The van der Waals surface area contributed by atoms with E-state index in [4.69, 9.17) is 23.2 Å². The highest BCUT2D eigenvalue weighted by molar-refractivity contribution is 6.42. The Kier molecular flexibility index (Phi) is 4.60. The van der Waals surface area contributed by atoms with Crippen LogP contribution in [0.2, 0.25) is 10.0 Å². The van der Waals surface area contributed by atoms with Crippen molar-refractivity contribution in [1.82, 2.24) is 20.1 Å². The van der Waals surface area contributed by atoms with Crippen molar-refractivity contribution in [2.45, 2.75) is 6.54 Å². The van der Waals surface area contributed by atoms with Crippen molar-refractivity contribution in [3.8, 4) is 5.69 Å². The van der Waals surface area contributed by atoms with E-state index in [-0.39, 0.29) is 12.5 Å². The maximum atomic E-state index is 12.2. The number of carbonyl (C=O) groups is 1. The highest BCUT2D eigenvalue weighted by Gasteiger charge is 2.11. The number of nitrogens with one attached hydrogen (secondary N) is 1. The van der Waals surface area contributed by atoms with Crippen LogP contribution in [0.3, 0.4) is 0 Å². The van der Waals surface area contributed by atoms with Gasteiger partial charge in [-0.15, -0.1) is 0 Å². The molecule has 0 atom stereocenters. The maximum Gasteiger partial charge on any atom is 0.251 e. The highest BCUT2D eigenvalue weighted by Crippen LogP contribution is 2.22. The molecule has 0 fully saturated rings. The summed E-state index contributed by atoms with van der Waals surface area (Å²) in [5.41, 5.74) is 1.31. The largest absolute Gasteiger partial charge is 0.345 e. The Morgan fingerprint density at radius 1 is 1.09 bits per heavy atom. The van der Waals surface area contributed by atoms with Gasteiger partial charge in [0.25, 0.3) is 5.91 Å². The topological polar surface area (TPSA) is 59.8 Å². The first-order chi connectivity index (χ1) is 11.1. The van der Waals surface area contributed by atoms with Gasteiger partial charge in [0.1, 0.15) is 6.33 Å². The summed E-state index contributed by atoms with van der Waals surface area (Å²) in [6.45, 7) is 0.244. The molecule has 0 aliphatic heterocycles. The average molecular weight is 347 g/mol. The summed E-state index contributed by atoms with van der Waals surface area (Å²) >= 11 is 11.8. The third-order valence-electron chi connectivity index (χ3n) is 3.21. The molecule has 5 nitrogen and oxygen atoms in total. The van der Waals surface area contributed by atoms with Gasteiger partial charge in [0.05, 0.1) is 22.3 Å². The van der Waals surface area contributed by atoms with Gasteiger partial charge in [0, 0.05) is 5.56 Å². The number of nitrogens with zero attached hydrogens (tertiary/aromatic N) is 3. The van der Waals surface area contributed by atoms with E-state index in [9.17, 15) is 4.79 Å². The number of amides is 1. The van der Waals surface area contributed by atoms with Gasteiger partial charge in [-0.1, -0.05) is 41.4 Å². The summed E-state index contributed by atoms with van der Waals surface area (Å²) in [5, 5.41) is 7.72. The fraction of sp³-hybridized carbons (Fsp3) is 0.0625. The molecule has 0 saturated carbocycles. The molecule has 0 aliphatic rings. The Balaban J connectivity index is 1.73. The van der Waals surface area contributed by atoms with Crippen LogP contribution in [0.25, 0.3) is 5.69 Å². The molecule has 1 amide bonds. The lowest BCUT2D eigenvalue weighted by Crippen LogP contribution is -2.24. The first kappa shape index (κ1) is 15.5. The summed E-state index contributed by atoms with van der Waals surface area (Å²) < 4.78 is 1.68. The van der Waals surface area contributed by atoms with E-state index >= 15 is 0 Å². The van der Waals surface area contributed by atoms with E-state index in [0.717, 1.165) is 5.69 Å². The van der Waals surface area contributed by atoms with E-state index < -0.39 is 0 Å². The molecule has 116 valence electrons. The van der Waals surface area contributed by atoms with Gasteiger partial charge in [-0.2, -0.15) is 5.10 Å². The molecule has 0 spiro atoms. The van der Waals surface area contributed by atoms with Crippen molar-refractivity contribution >= 4 is 29.1 Å². The molecule has 0 aliphatic carbocycles. The lowest BCUT2D eigenvalue weighted by molar-refractivity contribution is 0.0949. The summed E-state index contributed by atoms with van der Waals surface area (Å²) in [6.07, 6.45) is 1.45. The fourth-order valence-corrected chi connectivity index (χ4v) is 2.37. The third-order valence-corrected chi connectivity index (χ3v) is 3.95. The number of carbonyl (C=O) groups excluding carboxylic acids is 1. The SMILES string of the molecule is O=C(NCc1ncnn1-c1ccccc1)c1ccc(Cl)c(Cl)c1. The molecular weight excluding hydrogens is 335 g/mol. The van der Waals surface area contributed by atoms with Crippen molar-refractivity contribution < 1.29 is 4.79 Å². The number of hydrogen-bond donors (Lipinski definition) is 1. The van der Waals surface area contributed by atoms with Crippen molar-refractivity contribution in [2.75, 3.05) is 0 Å². The molecular formula is C16H12Cl2N4O. The second kappa shape index (κ2) is 6.81. The van der Waals surface area contributed by atoms with Crippen LogP contribution in [-0.4, -0.2) is 20.7 Å². The molecule has 23 heavy (non-hydrogen) atoms. The quantitative estimate of drug-likeness (QED) is 0.786. The van der Waals surface area contributed by atoms with E-state index in [1.807, 2.05) is 30.3 Å². The monoisotopic (exact) mass is 346 g/mol. The van der Waals surface area contributed by atoms with Gasteiger partial charge in [-0.05, 0) is 30.3 Å². The van der Waals surface area contributed by atoms with Crippen molar-refractivity contribution in [2.24, 2.45) is 0 Å². The molecule has 0 saturated heterocycles. The van der Waals surface area contributed by atoms with Crippen LogP contribution < -0.4 is 5.32 Å². The molecule has 3 rings (SSSR count). The van der Waals surface area contributed by atoms with Crippen LogP contribution >= 0.6 is 23.2 Å². The number of rotatable bonds is 4. The van der Waals surface area contributed by atoms with Gasteiger partial charge >= 0.3 is 0 Å². The molecule has 1 aromatic heterocycles. The zero-order valence-electron chi connectivity index (χ0n) is 11.9. The number of hydrogen-bond acceptors (Lipinski definition) is 3. The number of halogens is 2. The zero-order chi connectivity index (χ0) is 16.2. The molecule has 0 radical (unpaired) electrons. The Morgan fingerprint density at radius 2 is 1.87 bits per heavy atom. The van der Waals surface area contributed by atoms with Crippen LogP contribution in [0.1, 0.15) is 16.2 Å². The van der Waals surface area contributed by atoms with Crippen LogP contribution in [0.5, 0.6) is 0 Å². The second-order valence-electron chi connectivity index (χ2n) is 4.74. The minimum atomic E-state index is -0.258. The molecule has 3 aromatic rings. The van der Waals surface area contributed by atoms with Crippen LogP contribution in [0.15, 0.2) is 54.9 Å². The van der Waals surface area contributed by atoms with Crippen molar-refractivity contribution in [1.29, 1.82) is 0 Å². The summed E-state index contributed by atoms with van der Waals surface area (Å²) in [5.74, 6) is 0.371. The first-order valence-electron chi connectivity index (χ1n) is 6.83. The Labute approximate surface area is 142 Å². The van der Waals surface area contributed by atoms with Crippen LogP contribution in [0, 0.1) is 0 Å². The minimum Gasteiger partial charge on any atom is -0.345 e. The summed E-state index contributed by atoms with van der Waals surface area (Å²) in [7, 11) is 0. The Morgan fingerprint density at radius 3 is 2.61 bits per heavy atom. The van der Waals surface area contributed by atoms with Gasteiger partial charge in [0.15, 0.2) is 5.82 Å². The van der Waals surface area contributed by atoms with Gasteiger partial charge in [-0.3, -0.25) is 4.79 Å². The predicted molar refractivity (Wildman–Crippen MR) is 89.0 cm³/mol. The minimum absolute atomic E-state index is 0.244. The van der Waals surface area contributed by atoms with E-state index in [0.29, 0.717) is 21.4 Å². The van der Waals surface area contributed by atoms with Crippen LogP contribution in [-0.2, 0) is 6.54 Å². The lowest BCUT2D eigenvalue weighted by atomic mass is 10.2. The van der Waals surface area contributed by atoms with E-state index in [2.05, 4.69) is 15.4 Å². The van der Waals surface area contributed by atoms with Gasteiger partial charge in [0.2, 0.25) is 0 Å². The normalized spacial score (nSPS) is 10.5. The molecule has 1 heterocycles. The smallest absolute Gasteiger partial charge is 0.251 e. The van der Waals surface area contributed by atoms with Crippen molar-refractivity contribution in [3.63, 3.8) is 0 Å². The summed E-state index contributed by atoms with van der Waals surface area (Å²) in [4.78, 5) is 16.4. The maximum absolute atomic E-state index is 12.2. The van der Waals surface area contributed by atoms with Crippen LogP contribution in [0.4, 0.5) is 0 Å². The van der Waals surface area contributed by atoms with Gasteiger partial charge in [-0.25, -0.2) is 9.67 Å². The molecule has 0 bridgehead atoms. The molecule has 2 aromatic carbocycles. The predicted octanol–water partition coefficient (Wildman–Crippen LogP) is 3.50. The molecule has 0 unspecified atom stereocenters. The Bertz CT molecular complexity index is 833. The second-order valence-corrected chi connectivity index (χ2v) is 5.55. The molecule has 7 heteroatoms. The number of benzene rings is 2. The van der Waals surface area contributed by atoms with Gasteiger partial charge < -0.3 is 5.32 Å². The third kappa shape index (κ3) is 3.52. The number of aromatic nitrogens is 3. The van der Waals surface area contributed by atoms with E-state index in [1.54, 1.807) is 16.8 Å². The zero-order valence-corrected chi connectivity index (χ0v) is 13.4. The molecule has 1 N–H and O–H groups in total. The highest BCUT2D eigenvalue weighted by atomic mass is 35.5. The van der Waals surface area contributed by atoms with Crippen molar-refractivity contribution in [3.05, 3.63) is 76.3 Å². The number of para-hydroxylation sites is 1. The first-order valence-corrected chi connectivity index (χ1v) is 7.58. The van der Waals surface area contributed by atoms with E-state index in [1.165, 1.54) is 12.4 Å². The fourth-order valence-electron chi connectivity index (χ4n) is 2.07.